The van der Waals surface area contributed by atoms with E-state index in [2.05, 4.69) is 0 Å². The summed E-state index contributed by atoms with van der Waals surface area (Å²) in [7, 11) is 0. The quantitative estimate of drug-likeness (QED) is 0.888. The minimum absolute atomic E-state index is 0.100. The highest BCUT2D eigenvalue weighted by molar-refractivity contribution is 6.31. The fourth-order valence-corrected chi connectivity index (χ4v) is 2.53. The van der Waals surface area contributed by atoms with Gasteiger partial charge in [0.2, 0.25) is 0 Å². The first kappa shape index (κ1) is 15.4. The van der Waals surface area contributed by atoms with Gasteiger partial charge in [-0.05, 0) is 38.1 Å². The van der Waals surface area contributed by atoms with Gasteiger partial charge in [-0.1, -0.05) is 11.6 Å². The SMILES string of the molecule is Cc1cc(C(=O)O)c(C)n1-c1ccc(C(F)(F)F)c(Cl)c1. The molecule has 0 aliphatic rings. The number of halogens is 4. The van der Waals surface area contributed by atoms with E-state index in [0.29, 0.717) is 17.1 Å². The molecule has 1 N–H and O–H groups in total. The Bertz CT molecular complexity index is 720. The van der Waals surface area contributed by atoms with Crippen molar-refractivity contribution in [3.05, 3.63) is 51.8 Å². The smallest absolute Gasteiger partial charge is 0.417 e. The lowest BCUT2D eigenvalue weighted by molar-refractivity contribution is -0.137. The Morgan fingerprint density at radius 3 is 2.29 bits per heavy atom. The van der Waals surface area contributed by atoms with Crippen LogP contribution in [0.15, 0.2) is 24.3 Å². The van der Waals surface area contributed by atoms with Crippen LogP contribution in [0.4, 0.5) is 13.2 Å². The molecule has 0 bridgehead atoms. The molecule has 0 aliphatic carbocycles. The lowest BCUT2D eigenvalue weighted by Crippen LogP contribution is -2.07. The molecule has 1 aromatic heterocycles. The monoisotopic (exact) mass is 317 g/mol. The third-order valence-electron chi connectivity index (χ3n) is 3.18. The van der Waals surface area contributed by atoms with Crippen molar-refractivity contribution in [2.24, 2.45) is 0 Å². The molecule has 1 heterocycles. The molecule has 3 nitrogen and oxygen atoms in total. The number of carboxylic acids is 1. The largest absolute Gasteiger partial charge is 0.478 e. The molecule has 0 radical (unpaired) electrons. The van der Waals surface area contributed by atoms with E-state index in [-0.39, 0.29) is 5.56 Å². The third kappa shape index (κ3) is 2.76. The Kier molecular flexibility index (Phi) is 3.76. The third-order valence-corrected chi connectivity index (χ3v) is 3.49. The van der Waals surface area contributed by atoms with Crippen molar-refractivity contribution in [3.8, 4) is 5.69 Å². The van der Waals surface area contributed by atoms with Crippen LogP contribution in [0.3, 0.4) is 0 Å². The highest BCUT2D eigenvalue weighted by atomic mass is 35.5. The number of hydrogen-bond donors (Lipinski definition) is 1. The van der Waals surface area contributed by atoms with Crippen LogP contribution in [0.1, 0.15) is 27.3 Å². The van der Waals surface area contributed by atoms with E-state index in [0.717, 1.165) is 6.07 Å². The summed E-state index contributed by atoms with van der Waals surface area (Å²) >= 11 is 5.69. The summed E-state index contributed by atoms with van der Waals surface area (Å²) in [6.45, 7) is 3.26. The van der Waals surface area contributed by atoms with Gasteiger partial charge in [0.15, 0.2) is 0 Å². The minimum atomic E-state index is -4.53. The van der Waals surface area contributed by atoms with E-state index in [1.165, 1.54) is 18.2 Å². The van der Waals surface area contributed by atoms with Crippen LogP contribution in [0.5, 0.6) is 0 Å². The lowest BCUT2D eigenvalue weighted by Gasteiger charge is -2.13. The van der Waals surface area contributed by atoms with Crippen LogP contribution in [0.25, 0.3) is 5.69 Å². The highest BCUT2D eigenvalue weighted by Crippen LogP contribution is 2.36. The Morgan fingerprint density at radius 1 is 1.24 bits per heavy atom. The van der Waals surface area contributed by atoms with Crippen molar-refractivity contribution in [3.63, 3.8) is 0 Å². The molecular formula is C14H11ClF3NO2. The van der Waals surface area contributed by atoms with E-state index in [1.807, 2.05) is 0 Å². The Hall–Kier alpha value is -1.95. The summed E-state index contributed by atoms with van der Waals surface area (Å²) in [6, 6.07) is 4.79. The van der Waals surface area contributed by atoms with Gasteiger partial charge in [-0.2, -0.15) is 13.2 Å². The number of carboxylic acid groups (broad SMARTS) is 1. The number of carbonyl (C=O) groups is 1. The zero-order valence-corrected chi connectivity index (χ0v) is 11.9. The molecule has 112 valence electrons. The standard InChI is InChI=1S/C14H11ClF3NO2/c1-7-5-10(13(20)21)8(2)19(7)9-3-4-11(12(15)6-9)14(16,17)18/h3-6H,1-2H3,(H,20,21). The van der Waals surface area contributed by atoms with Crippen LogP contribution in [-0.4, -0.2) is 15.6 Å². The summed E-state index contributed by atoms with van der Waals surface area (Å²) in [5, 5.41) is 8.64. The highest BCUT2D eigenvalue weighted by Gasteiger charge is 2.33. The second-order valence-electron chi connectivity index (χ2n) is 4.59. The molecule has 21 heavy (non-hydrogen) atoms. The predicted molar refractivity (Wildman–Crippen MR) is 72.2 cm³/mol. The van der Waals surface area contributed by atoms with E-state index in [9.17, 15) is 18.0 Å². The van der Waals surface area contributed by atoms with Gasteiger partial charge >= 0.3 is 12.1 Å². The Balaban J connectivity index is 2.59. The fraction of sp³-hybridized carbons (Fsp3) is 0.214. The number of nitrogens with zero attached hydrogens (tertiary/aromatic N) is 1. The molecule has 0 spiro atoms. The van der Waals surface area contributed by atoms with Crippen LogP contribution >= 0.6 is 11.6 Å². The molecule has 0 atom stereocenters. The van der Waals surface area contributed by atoms with Gasteiger partial charge in [0.05, 0.1) is 16.1 Å². The van der Waals surface area contributed by atoms with Gasteiger partial charge < -0.3 is 9.67 Å². The first-order valence-electron chi connectivity index (χ1n) is 5.92. The average Bonchev–Trinajstić information content (AvgIpc) is 2.63. The molecule has 0 saturated carbocycles. The van der Waals surface area contributed by atoms with Crippen molar-refractivity contribution >= 4 is 17.6 Å². The van der Waals surface area contributed by atoms with Gasteiger partial charge in [0.1, 0.15) is 0 Å². The van der Waals surface area contributed by atoms with Gasteiger partial charge in [-0.25, -0.2) is 4.79 Å². The van der Waals surface area contributed by atoms with Gasteiger partial charge in [-0.3, -0.25) is 0 Å². The molecule has 0 fully saturated rings. The number of aromatic carboxylic acids is 1. The summed E-state index contributed by atoms with van der Waals surface area (Å²) in [5.74, 6) is -1.09. The summed E-state index contributed by atoms with van der Waals surface area (Å²) in [5.41, 5.74) is 0.587. The van der Waals surface area contributed by atoms with Gasteiger partial charge in [-0.15, -0.1) is 0 Å². The van der Waals surface area contributed by atoms with E-state index in [4.69, 9.17) is 16.7 Å². The summed E-state index contributed by atoms with van der Waals surface area (Å²) < 4.78 is 39.6. The average molecular weight is 318 g/mol. The number of alkyl halides is 3. The first-order valence-corrected chi connectivity index (χ1v) is 6.30. The molecule has 2 aromatic rings. The molecule has 2 rings (SSSR count). The van der Waals surface area contributed by atoms with E-state index in [1.54, 1.807) is 18.4 Å². The van der Waals surface area contributed by atoms with Crippen LogP contribution in [0.2, 0.25) is 5.02 Å². The van der Waals surface area contributed by atoms with E-state index < -0.39 is 22.7 Å². The zero-order valence-electron chi connectivity index (χ0n) is 11.1. The summed E-state index contributed by atoms with van der Waals surface area (Å²) in [4.78, 5) is 11.1. The number of hydrogen-bond acceptors (Lipinski definition) is 1. The molecule has 1 aromatic carbocycles. The molecule has 0 unspecified atom stereocenters. The molecule has 0 aliphatic heterocycles. The maximum atomic E-state index is 12.7. The summed E-state index contributed by atoms with van der Waals surface area (Å²) in [6.07, 6.45) is -4.53. The van der Waals surface area contributed by atoms with Crippen molar-refractivity contribution in [1.82, 2.24) is 4.57 Å². The first-order chi connectivity index (χ1) is 9.62. The topological polar surface area (TPSA) is 42.2 Å². The van der Waals surface area contributed by atoms with Gasteiger partial charge in [0.25, 0.3) is 0 Å². The lowest BCUT2D eigenvalue weighted by atomic mass is 10.2. The van der Waals surface area contributed by atoms with Crippen molar-refractivity contribution < 1.29 is 23.1 Å². The minimum Gasteiger partial charge on any atom is -0.478 e. The van der Waals surface area contributed by atoms with Crippen LogP contribution in [0, 0.1) is 13.8 Å². The molecular weight excluding hydrogens is 307 g/mol. The zero-order chi connectivity index (χ0) is 15.9. The maximum absolute atomic E-state index is 12.7. The maximum Gasteiger partial charge on any atom is 0.417 e. The number of aryl methyl sites for hydroxylation is 1. The number of benzene rings is 1. The molecule has 7 heteroatoms. The second kappa shape index (κ2) is 5.11. The van der Waals surface area contributed by atoms with Crippen molar-refractivity contribution in [2.45, 2.75) is 20.0 Å². The fourth-order valence-electron chi connectivity index (χ4n) is 2.25. The van der Waals surface area contributed by atoms with Crippen LogP contribution in [-0.2, 0) is 6.18 Å². The second-order valence-corrected chi connectivity index (χ2v) is 4.99. The number of aromatic nitrogens is 1. The number of rotatable bonds is 2. The normalized spacial score (nSPS) is 11.7. The molecule has 0 saturated heterocycles. The van der Waals surface area contributed by atoms with Crippen LogP contribution < -0.4 is 0 Å². The molecule has 0 amide bonds. The van der Waals surface area contributed by atoms with E-state index >= 15 is 0 Å². The van der Waals surface area contributed by atoms with Crippen molar-refractivity contribution in [2.75, 3.05) is 0 Å². The Labute approximate surface area is 123 Å². The predicted octanol–water partition coefficient (Wildman–Crippen LogP) is 4.46. The Morgan fingerprint density at radius 2 is 1.86 bits per heavy atom. The van der Waals surface area contributed by atoms with Gasteiger partial charge in [0, 0.05) is 17.1 Å². The van der Waals surface area contributed by atoms with Crippen molar-refractivity contribution in [1.29, 1.82) is 0 Å².